The van der Waals surface area contributed by atoms with Crippen molar-refractivity contribution in [2.45, 2.75) is 45.1 Å². The van der Waals surface area contributed by atoms with Gasteiger partial charge in [-0.2, -0.15) is 0 Å². The molecule has 0 bridgehead atoms. The molecule has 0 spiro atoms. The number of ether oxygens (including phenoxy) is 1. The number of methoxy groups -OCH3 is 1. The molecule has 0 heterocycles. The Balaban J connectivity index is 2.16. The summed E-state index contributed by atoms with van der Waals surface area (Å²) in [6, 6.07) is 5.15. The summed E-state index contributed by atoms with van der Waals surface area (Å²) in [4.78, 5) is 23.8. The maximum atomic E-state index is 12.6. The van der Waals surface area contributed by atoms with Crippen molar-refractivity contribution in [1.82, 2.24) is 0 Å². The lowest BCUT2D eigenvalue weighted by Crippen LogP contribution is -2.51. The number of carbonyl (C=O) groups is 2. The monoisotopic (exact) mass is 319 g/mol. The van der Waals surface area contributed by atoms with Gasteiger partial charge in [-0.1, -0.05) is 12.8 Å². The van der Waals surface area contributed by atoms with Gasteiger partial charge in [0.1, 0.15) is 5.75 Å². The summed E-state index contributed by atoms with van der Waals surface area (Å²) >= 11 is 0. The molecular formula is C17H25N3O3. The fourth-order valence-electron chi connectivity index (χ4n) is 3.09. The number of nitrogens with one attached hydrogen (secondary N) is 2. The van der Waals surface area contributed by atoms with E-state index in [1.165, 1.54) is 14.0 Å². The largest absolute Gasteiger partial charge is 0.495 e. The third-order valence-electron chi connectivity index (χ3n) is 4.35. The number of amides is 2. The van der Waals surface area contributed by atoms with E-state index in [2.05, 4.69) is 10.6 Å². The van der Waals surface area contributed by atoms with E-state index >= 15 is 0 Å². The van der Waals surface area contributed by atoms with Crippen molar-refractivity contribution >= 4 is 23.2 Å². The van der Waals surface area contributed by atoms with Crippen LogP contribution in [0, 0.1) is 5.92 Å². The van der Waals surface area contributed by atoms with E-state index in [-0.39, 0.29) is 17.7 Å². The van der Waals surface area contributed by atoms with Crippen molar-refractivity contribution in [2.24, 2.45) is 11.7 Å². The highest BCUT2D eigenvalue weighted by Gasteiger charge is 2.37. The van der Waals surface area contributed by atoms with Crippen LogP contribution in [0.3, 0.4) is 0 Å². The number of rotatable bonds is 4. The molecule has 1 aromatic carbocycles. The number of hydrogen-bond donors (Lipinski definition) is 3. The van der Waals surface area contributed by atoms with Gasteiger partial charge in [0.25, 0.3) is 0 Å². The Bertz CT molecular complexity index is 599. The van der Waals surface area contributed by atoms with Gasteiger partial charge in [0.15, 0.2) is 0 Å². The molecule has 1 aliphatic carbocycles. The second-order valence-corrected chi connectivity index (χ2v) is 6.39. The van der Waals surface area contributed by atoms with Crippen LogP contribution in [-0.4, -0.2) is 24.5 Å². The zero-order valence-electron chi connectivity index (χ0n) is 13.9. The highest BCUT2D eigenvalue weighted by Crippen LogP contribution is 2.33. The molecule has 126 valence electrons. The molecule has 0 aliphatic heterocycles. The maximum absolute atomic E-state index is 12.6. The van der Waals surface area contributed by atoms with Gasteiger partial charge in [0.2, 0.25) is 11.8 Å². The van der Waals surface area contributed by atoms with Gasteiger partial charge >= 0.3 is 0 Å². The van der Waals surface area contributed by atoms with Crippen LogP contribution in [0.2, 0.25) is 0 Å². The first-order chi connectivity index (χ1) is 10.8. The Morgan fingerprint density at radius 2 is 2.04 bits per heavy atom. The van der Waals surface area contributed by atoms with Crippen LogP contribution < -0.4 is 21.1 Å². The molecule has 4 N–H and O–H groups in total. The highest BCUT2D eigenvalue weighted by atomic mass is 16.5. The normalized spacial score (nSPS) is 23.9. The summed E-state index contributed by atoms with van der Waals surface area (Å²) in [5, 5.41) is 5.60. The smallest absolute Gasteiger partial charge is 0.229 e. The SMILES string of the molecule is COc1ccc(NC(=O)C2CCCCC2(C)N)cc1NC(C)=O. The Kier molecular flexibility index (Phi) is 5.26. The van der Waals surface area contributed by atoms with Crippen LogP contribution >= 0.6 is 0 Å². The minimum Gasteiger partial charge on any atom is -0.495 e. The van der Waals surface area contributed by atoms with Crippen molar-refractivity contribution in [3.05, 3.63) is 18.2 Å². The molecule has 0 aromatic heterocycles. The van der Waals surface area contributed by atoms with E-state index in [1.54, 1.807) is 18.2 Å². The van der Waals surface area contributed by atoms with Gasteiger partial charge in [-0.25, -0.2) is 0 Å². The first-order valence-electron chi connectivity index (χ1n) is 7.89. The molecule has 23 heavy (non-hydrogen) atoms. The molecule has 2 atom stereocenters. The zero-order chi connectivity index (χ0) is 17.0. The van der Waals surface area contributed by atoms with Gasteiger partial charge in [0.05, 0.1) is 18.7 Å². The van der Waals surface area contributed by atoms with Crippen molar-refractivity contribution < 1.29 is 14.3 Å². The first-order valence-corrected chi connectivity index (χ1v) is 7.89. The van der Waals surface area contributed by atoms with Crippen LogP contribution in [0.5, 0.6) is 5.75 Å². The van der Waals surface area contributed by atoms with Crippen molar-refractivity contribution in [3.8, 4) is 5.75 Å². The molecule has 1 saturated carbocycles. The molecule has 6 nitrogen and oxygen atoms in total. The predicted molar refractivity (Wildman–Crippen MR) is 90.5 cm³/mol. The first kappa shape index (κ1) is 17.3. The number of nitrogens with two attached hydrogens (primary N) is 1. The predicted octanol–water partition coefficient (Wildman–Crippen LogP) is 2.50. The summed E-state index contributed by atoms with van der Waals surface area (Å²) in [5.74, 6) is 0.0596. The summed E-state index contributed by atoms with van der Waals surface area (Å²) < 4.78 is 5.21. The standard InChI is InChI=1S/C17H25N3O3/c1-11(21)19-14-10-12(7-8-15(14)23-3)20-16(22)13-6-4-5-9-17(13,2)18/h7-8,10,13H,4-6,9,18H2,1-3H3,(H,19,21)(H,20,22). The summed E-state index contributed by atoms with van der Waals surface area (Å²) in [6.07, 6.45) is 3.73. The second kappa shape index (κ2) is 7.00. The molecule has 6 heteroatoms. The van der Waals surface area contributed by atoms with Crippen LogP contribution in [0.4, 0.5) is 11.4 Å². The van der Waals surface area contributed by atoms with E-state index < -0.39 is 5.54 Å². The third kappa shape index (κ3) is 4.22. The molecule has 2 amide bonds. The Morgan fingerprint density at radius 3 is 2.65 bits per heavy atom. The van der Waals surface area contributed by atoms with Crippen LogP contribution in [-0.2, 0) is 9.59 Å². The average molecular weight is 319 g/mol. The van der Waals surface area contributed by atoms with Gasteiger partial charge in [0, 0.05) is 18.2 Å². The van der Waals surface area contributed by atoms with Crippen LogP contribution in [0.25, 0.3) is 0 Å². The Labute approximate surface area is 136 Å². The van der Waals surface area contributed by atoms with E-state index in [0.717, 1.165) is 25.7 Å². The second-order valence-electron chi connectivity index (χ2n) is 6.39. The molecule has 2 rings (SSSR count). The van der Waals surface area contributed by atoms with Gasteiger partial charge in [-0.15, -0.1) is 0 Å². The van der Waals surface area contributed by atoms with Gasteiger partial charge < -0.3 is 21.1 Å². The molecule has 1 aromatic rings. The molecule has 0 radical (unpaired) electrons. The quantitative estimate of drug-likeness (QED) is 0.795. The lowest BCUT2D eigenvalue weighted by Gasteiger charge is -2.37. The summed E-state index contributed by atoms with van der Waals surface area (Å²) in [5.41, 5.74) is 6.94. The van der Waals surface area contributed by atoms with E-state index in [1.807, 2.05) is 6.92 Å². The van der Waals surface area contributed by atoms with Gasteiger partial charge in [-0.3, -0.25) is 9.59 Å². The van der Waals surface area contributed by atoms with Crippen LogP contribution in [0.1, 0.15) is 39.5 Å². The van der Waals surface area contributed by atoms with Crippen molar-refractivity contribution in [3.63, 3.8) is 0 Å². The lowest BCUT2D eigenvalue weighted by atomic mass is 9.74. The average Bonchev–Trinajstić information content (AvgIpc) is 2.46. The van der Waals surface area contributed by atoms with Crippen molar-refractivity contribution in [1.29, 1.82) is 0 Å². The highest BCUT2D eigenvalue weighted by molar-refractivity contribution is 5.96. The van der Waals surface area contributed by atoms with E-state index in [4.69, 9.17) is 10.5 Å². The topological polar surface area (TPSA) is 93.4 Å². The van der Waals surface area contributed by atoms with E-state index in [9.17, 15) is 9.59 Å². The molecule has 0 saturated heterocycles. The number of anilines is 2. The minimum atomic E-state index is -0.477. The molecule has 2 unspecified atom stereocenters. The molecular weight excluding hydrogens is 294 g/mol. The summed E-state index contributed by atoms with van der Waals surface area (Å²) in [6.45, 7) is 3.36. The Hall–Kier alpha value is -2.08. The summed E-state index contributed by atoms with van der Waals surface area (Å²) in [7, 11) is 1.53. The number of benzene rings is 1. The number of hydrogen-bond acceptors (Lipinski definition) is 4. The molecule has 1 aliphatic rings. The minimum absolute atomic E-state index is 0.0753. The lowest BCUT2D eigenvalue weighted by molar-refractivity contribution is -0.122. The van der Waals surface area contributed by atoms with Gasteiger partial charge in [-0.05, 0) is 38.0 Å². The Morgan fingerprint density at radius 1 is 1.30 bits per heavy atom. The molecule has 1 fully saturated rings. The fourth-order valence-corrected chi connectivity index (χ4v) is 3.09. The fraction of sp³-hybridized carbons (Fsp3) is 0.529. The van der Waals surface area contributed by atoms with Crippen LogP contribution in [0.15, 0.2) is 18.2 Å². The zero-order valence-corrected chi connectivity index (χ0v) is 13.9. The maximum Gasteiger partial charge on any atom is 0.229 e. The number of carbonyl (C=O) groups excluding carboxylic acids is 2. The van der Waals surface area contributed by atoms with E-state index in [0.29, 0.717) is 17.1 Å². The third-order valence-corrected chi connectivity index (χ3v) is 4.35. The van der Waals surface area contributed by atoms with Crippen molar-refractivity contribution in [2.75, 3.05) is 17.7 Å².